The van der Waals surface area contributed by atoms with Crippen LogP contribution in [-0.2, 0) is 0 Å². The Morgan fingerprint density at radius 1 is 0.862 bits per heavy atom. The van der Waals surface area contributed by atoms with Crippen molar-refractivity contribution in [1.82, 2.24) is 0 Å². The van der Waals surface area contributed by atoms with E-state index in [0.717, 1.165) is 3.57 Å². The summed E-state index contributed by atoms with van der Waals surface area (Å²) in [6.07, 6.45) is 0. The number of carbonyl (C=O) groups excluding carboxylic acids is 2. The van der Waals surface area contributed by atoms with Crippen LogP contribution in [0.2, 0.25) is 10.0 Å². The number of carbonyl (C=O) groups is 2. The summed E-state index contributed by atoms with van der Waals surface area (Å²) in [7, 11) is 1.47. The van der Waals surface area contributed by atoms with Crippen LogP contribution in [-0.4, -0.2) is 18.9 Å². The monoisotopic (exact) mass is 540 g/mol. The van der Waals surface area contributed by atoms with Gasteiger partial charge in [-0.05, 0) is 65.1 Å². The molecule has 0 spiro atoms. The number of hydrogen-bond donors (Lipinski definition) is 2. The van der Waals surface area contributed by atoms with E-state index in [-0.39, 0.29) is 11.8 Å². The van der Waals surface area contributed by atoms with E-state index >= 15 is 0 Å². The first-order valence-electron chi connectivity index (χ1n) is 8.39. The van der Waals surface area contributed by atoms with Crippen molar-refractivity contribution in [2.75, 3.05) is 17.7 Å². The lowest BCUT2D eigenvalue weighted by atomic mass is 10.2. The number of benzene rings is 3. The van der Waals surface area contributed by atoms with Gasteiger partial charge in [0, 0.05) is 15.3 Å². The van der Waals surface area contributed by atoms with Gasteiger partial charge in [-0.15, -0.1) is 0 Å². The van der Waals surface area contributed by atoms with Crippen LogP contribution in [0.4, 0.5) is 11.4 Å². The Morgan fingerprint density at radius 2 is 1.55 bits per heavy atom. The molecule has 0 aliphatic heterocycles. The van der Waals surface area contributed by atoms with E-state index in [9.17, 15) is 9.59 Å². The molecule has 0 bridgehead atoms. The summed E-state index contributed by atoms with van der Waals surface area (Å²) in [5.74, 6) is -0.323. The fraction of sp³-hybridized carbons (Fsp3) is 0.0476. The molecule has 0 saturated heterocycles. The molecule has 3 rings (SSSR count). The van der Waals surface area contributed by atoms with Gasteiger partial charge in [-0.3, -0.25) is 9.59 Å². The first-order valence-corrected chi connectivity index (χ1v) is 10.2. The number of halogens is 3. The molecule has 0 radical (unpaired) electrons. The van der Waals surface area contributed by atoms with Crippen LogP contribution in [0.3, 0.4) is 0 Å². The molecule has 0 aromatic heterocycles. The Labute approximate surface area is 191 Å². The molecule has 3 aromatic rings. The van der Waals surface area contributed by atoms with E-state index in [1.165, 1.54) is 7.11 Å². The van der Waals surface area contributed by atoms with Gasteiger partial charge in [0.25, 0.3) is 11.8 Å². The van der Waals surface area contributed by atoms with Crippen molar-refractivity contribution < 1.29 is 14.3 Å². The van der Waals surface area contributed by atoms with Gasteiger partial charge in [0.15, 0.2) is 0 Å². The lowest BCUT2D eigenvalue weighted by Crippen LogP contribution is -2.15. The van der Waals surface area contributed by atoms with Crippen molar-refractivity contribution in [2.24, 2.45) is 0 Å². The third kappa shape index (κ3) is 5.20. The highest BCUT2D eigenvalue weighted by Crippen LogP contribution is 2.30. The summed E-state index contributed by atoms with van der Waals surface area (Å²) >= 11 is 14.3. The number of methoxy groups -OCH3 is 1. The standard InChI is InChI=1S/C21H15Cl2IN2O3/c1-29-19-11-13(25-21(28)15-10-12(24)6-8-17(15)23)7-9-18(19)26-20(27)14-4-2-3-5-16(14)22/h2-11H,1H3,(H,25,28)(H,26,27). The number of anilines is 2. The van der Waals surface area contributed by atoms with E-state index in [2.05, 4.69) is 33.2 Å². The molecule has 5 nitrogen and oxygen atoms in total. The van der Waals surface area contributed by atoms with Gasteiger partial charge in [0.2, 0.25) is 0 Å². The van der Waals surface area contributed by atoms with Gasteiger partial charge in [0.05, 0.1) is 34.0 Å². The summed E-state index contributed by atoms with van der Waals surface area (Å²) < 4.78 is 6.25. The second kappa shape index (κ2) is 9.47. The summed E-state index contributed by atoms with van der Waals surface area (Å²) in [5.41, 5.74) is 1.66. The van der Waals surface area contributed by atoms with Gasteiger partial charge in [-0.25, -0.2) is 0 Å². The SMILES string of the molecule is COc1cc(NC(=O)c2cc(I)ccc2Cl)ccc1NC(=O)c1ccccc1Cl. The topological polar surface area (TPSA) is 67.4 Å². The summed E-state index contributed by atoms with van der Waals surface area (Å²) in [6, 6.07) is 16.8. The van der Waals surface area contributed by atoms with Gasteiger partial charge in [-0.1, -0.05) is 35.3 Å². The summed E-state index contributed by atoms with van der Waals surface area (Å²) in [6.45, 7) is 0. The van der Waals surface area contributed by atoms with Crippen molar-refractivity contribution in [2.45, 2.75) is 0 Å². The smallest absolute Gasteiger partial charge is 0.257 e. The Balaban J connectivity index is 1.80. The predicted molar refractivity (Wildman–Crippen MR) is 125 cm³/mol. The Hall–Kier alpha value is -2.29. The van der Waals surface area contributed by atoms with Crippen molar-refractivity contribution in [3.8, 4) is 5.75 Å². The fourth-order valence-electron chi connectivity index (χ4n) is 2.58. The fourth-order valence-corrected chi connectivity index (χ4v) is 3.49. The van der Waals surface area contributed by atoms with Crippen LogP contribution in [0, 0.1) is 3.57 Å². The molecule has 3 aromatic carbocycles. The zero-order valence-corrected chi connectivity index (χ0v) is 18.8. The molecule has 0 fully saturated rings. The number of hydrogen-bond acceptors (Lipinski definition) is 3. The highest BCUT2D eigenvalue weighted by atomic mass is 127. The van der Waals surface area contributed by atoms with E-state index in [4.69, 9.17) is 27.9 Å². The maximum Gasteiger partial charge on any atom is 0.257 e. The van der Waals surface area contributed by atoms with E-state index < -0.39 is 0 Å². The van der Waals surface area contributed by atoms with Gasteiger partial charge in [0.1, 0.15) is 5.75 Å². The maximum atomic E-state index is 12.5. The van der Waals surface area contributed by atoms with Crippen molar-refractivity contribution in [3.05, 3.63) is 85.4 Å². The average molecular weight is 541 g/mol. The van der Waals surface area contributed by atoms with Crippen LogP contribution >= 0.6 is 45.8 Å². The van der Waals surface area contributed by atoms with Crippen molar-refractivity contribution >= 4 is 69.0 Å². The zero-order valence-electron chi connectivity index (χ0n) is 15.1. The van der Waals surface area contributed by atoms with Crippen molar-refractivity contribution in [1.29, 1.82) is 0 Å². The molecule has 8 heteroatoms. The molecule has 2 amide bonds. The van der Waals surface area contributed by atoms with Gasteiger partial charge >= 0.3 is 0 Å². The quantitative estimate of drug-likeness (QED) is 0.384. The molecule has 29 heavy (non-hydrogen) atoms. The van der Waals surface area contributed by atoms with Crippen LogP contribution in [0.1, 0.15) is 20.7 Å². The number of ether oxygens (including phenoxy) is 1. The Morgan fingerprint density at radius 3 is 2.28 bits per heavy atom. The van der Waals surface area contributed by atoms with Crippen LogP contribution in [0.15, 0.2) is 60.7 Å². The lowest BCUT2D eigenvalue weighted by Gasteiger charge is -2.13. The normalized spacial score (nSPS) is 10.3. The van der Waals surface area contributed by atoms with Crippen molar-refractivity contribution in [3.63, 3.8) is 0 Å². The molecule has 0 unspecified atom stereocenters. The predicted octanol–water partition coefficient (Wildman–Crippen LogP) is 6.11. The number of nitrogens with one attached hydrogen (secondary N) is 2. The third-order valence-electron chi connectivity index (χ3n) is 4.00. The van der Waals surface area contributed by atoms with E-state index in [1.807, 2.05) is 6.07 Å². The minimum Gasteiger partial charge on any atom is -0.494 e. The molecular weight excluding hydrogens is 526 g/mol. The largest absolute Gasteiger partial charge is 0.494 e. The molecule has 0 heterocycles. The number of amides is 2. The Kier molecular flexibility index (Phi) is 7.00. The molecule has 0 atom stereocenters. The molecule has 2 N–H and O–H groups in total. The first-order chi connectivity index (χ1) is 13.9. The molecular formula is C21H15Cl2IN2O3. The Bertz CT molecular complexity index is 1090. The average Bonchev–Trinajstić information content (AvgIpc) is 2.71. The highest BCUT2D eigenvalue weighted by molar-refractivity contribution is 14.1. The van der Waals surface area contributed by atoms with E-state index in [0.29, 0.717) is 38.3 Å². The second-order valence-corrected chi connectivity index (χ2v) is 7.99. The third-order valence-corrected chi connectivity index (χ3v) is 5.33. The van der Waals surface area contributed by atoms with Crippen LogP contribution in [0.25, 0.3) is 0 Å². The first kappa shape index (κ1) is 21.4. The van der Waals surface area contributed by atoms with Gasteiger partial charge < -0.3 is 15.4 Å². The maximum absolute atomic E-state index is 12.5. The van der Waals surface area contributed by atoms with Crippen LogP contribution < -0.4 is 15.4 Å². The second-order valence-electron chi connectivity index (χ2n) is 5.93. The zero-order chi connectivity index (χ0) is 21.0. The summed E-state index contributed by atoms with van der Waals surface area (Å²) in [4.78, 5) is 25.0. The van der Waals surface area contributed by atoms with E-state index in [1.54, 1.807) is 54.6 Å². The highest BCUT2D eigenvalue weighted by Gasteiger charge is 2.15. The minimum absolute atomic E-state index is 0.344. The lowest BCUT2D eigenvalue weighted by molar-refractivity contribution is 0.101. The van der Waals surface area contributed by atoms with Gasteiger partial charge in [-0.2, -0.15) is 0 Å². The minimum atomic E-state index is -0.365. The molecule has 0 aliphatic rings. The molecule has 148 valence electrons. The summed E-state index contributed by atoms with van der Waals surface area (Å²) in [5, 5.41) is 6.25. The molecule has 0 aliphatic carbocycles. The van der Waals surface area contributed by atoms with Crippen LogP contribution in [0.5, 0.6) is 5.75 Å². The molecule has 0 saturated carbocycles. The number of rotatable bonds is 5.